The zero-order valence-corrected chi connectivity index (χ0v) is 12.7. The van der Waals surface area contributed by atoms with Crippen LogP contribution in [0.1, 0.15) is 55.9 Å². The minimum absolute atomic E-state index is 0.0379. The summed E-state index contributed by atoms with van der Waals surface area (Å²) >= 11 is 0. The van der Waals surface area contributed by atoms with Gasteiger partial charge in [0, 0.05) is 19.7 Å². The number of aliphatic hydroxyl groups excluding tert-OH is 1. The third-order valence-corrected chi connectivity index (χ3v) is 3.34. The average Bonchev–Trinajstić information content (AvgIpc) is 2.49. The smallest absolute Gasteiger partial charge is 0.272 e. The van der Waals surface area contributed by atoms with E-state index in [1.54, 1.807) is 4.90 Å². The van der Waals surface area contributed by atoms with Crippen molar-refractivity contribution in [2.45, 2.75) is 45.4 Å². The van der Waals surface area contributed by atoms with E-state index in [0.29, 0.717) is 19.5 Å². The molecule has 5 heteroatoms. The van der Waals surface area contributed by atoms with Gasteiger partial charge in [-0.15, -0.1) is 0 Å². The van der Waals surface area contributed by atoms with Crippen LogP contribution in [0, 0.1) is 5.95 Å². The second-order valence-electron chi connectivity index (χ2n) is 5.13. The molecular weight excluding hydrogens is 271 g/mol. The molecule has 1 aromatic rings. The molecule has 21 heavy (non-hydrogen) atoms. The highest BCUT2D eigenvalue weighted by molar-refractivity contribution is 5.92. The maximum absolute atomic E-state index is 13.1. The van der Waals surface area contributed by atoms with Crippen molar-refractivity contribution in [3.05, 3.63) is 29.8 Å². The molecule has 0 unspecified atom stereocenters. The van der Waals surface area contributed by atoms with E-state index >= 15 is 0 Å². The van der Waals surface area contributed by atoms with E-state index in [1.165, 1.54) is 31.0 Å². The fourth-order valence-corrected chi connectivity index (χ4v) is 2.17. The predicted molar refractivity (Wildman–Crippen MR) is 80.6 cm³/mol. The van der Waals surface area contributed by atoms with Gasteiger partial charge in [-0.2, -0.15) is 4.39 Å². The fourth-order valence-electron chi connectivity index (χ4n) is 2.17. The number of amides is 1. The van der Waals surface area contributed by atoms with Crippen molar-refractivity contribution in [3.8, 4) is 0 Å². The summed E-state index contributed by atoms with van der Waals surface area (Å²) in [6.07, 6.45) is 6.07. The first kappa shape index (κ1) is 17.6. The second-order valence-corrected chi connectivity index (χ2v) is 5.13. The molecule has 1 rings (SSSR count). The van der Waals surface area contributed by atoms with Gasteiger partial charge in [-0.1, -0.05) is 38.7 Å². The summed E-state index contributed by atoms with van der Waals surface area (Å²) in [7, 11) is 0. The van der Waals surface area contributed by atoms with Gasteiger partial charge >= 0.3 is 0 Å². The van der Waals surface area contributed by atoms with Crippen LogP contribution in [0.3, 0.4) is 0 Å². The average molecular weight is 296 g/mol. The topological polar surface area (TPSA) is 53.4 Å². The number of halogens is 1. The third kappa shape index (κ3) is 6.67. The van der Waals surface area contributed by atoms with Crippen molar-refractivity contribution >= 4 is 5.91 Å². The number of pyridine rings is 1. The van der Waals surface area contributed by atoms with Crippen molar-refractivity contribution in [3.63, 3.8) is 0 Å². The number of aliphatic hydroxyl groups is 1. The van der Waals surface area contributed by atoms with Crippen molar-refractivity contribution in [2.75, 3.05) is 19.7 Å². The van der Waals surface area contributed by atoms with Crippen molar-refractivity contribution < 1.29 is 14.3 Å². The summed E-state index contributed by atoms with van der Waals surface area (Å²) in [5, 5.41) is 8.94. The van der Waals surface area contributed by atoms with E-state index in [2.05, 4.69) is 11.9 Å². The highest BCUT2D eigenvalue weighted by Gasteiger charge is 2.16. The summed E-state index contributed by atoms with van der Waals surface area (Å²) in [5.41, 5.74) is 0.126. The molecule has 1 aromatic heterocycles. The quantitative estimate of drug-likeness (QED) is 0.533. The van der Waals surface area contributed by atoms with Crippen LogP contribution in [-0.2, 0) is 0 Å². The highest BCUT2D eigenvalue weighted by atomic mass is 19.1. The van der Waals surface area contributed by atoms with Crippen LogP contribution in [0.5, 0.6) is 0 Å². The molecule has 0 aliphatic rings. The third-order valence-electron chi connectivity index (χ3n) is 3.34. The Labute approximate surface area is 126 Å². The zero-order valence-electron chi connectivity index (χ0n) is 12.7. The van der Waals surface area contributed by atoms with Crippen LogP contribution in [0.4, 0.5) is 4.39 Å². The molecule has 4 nitrogen and oxygen atoms in total. The Morgan fingerprint density at radius 2 is 1.90 bits per heavy atom. The molecule has 0 aromatic carbocycles. The van der Waals surface area contributed by atoms with Gasteiger partial charge in [0.25, 0.3) is 5.91 Å². The van der Waals surface area contributed by atoms with E-state index in [9.17, 15) is 9.18 Å². The molecule has 118 valence electrons. The van der Waals surface area contributed by atoms with Gasteiger partial charge in [0.2, 0.25) is 5.95 Å². The molecule has 0 spiro atoms. The fraction of sp³-hybridized carbons (Fsp3) is 0.625. The van der Waals surface area contributed by atoms with Gasteiger partial charge in [-0.3, -0.25) is 4.79 Å². The van der Waals surface area contributed by atoms with Crippen molar-refractivity contribution in [2.24, 2.45) is 0 Å². The number of hydrogen-bond donors (Lipinski definition) is 1. The first-order valence-corrected chi connectivity index (χ1v) is 7.71. The minimum atomic E-state index is -0.647. The van der Waals surface area contributed by atoms with Crippen LogP contribution < -0.4 is 0 Å². The first-order valence-electron chi connectivity index (χ1n) is 7.71. The van der Waals surface area contributed by atoms with Gasteiger partial charge in [-0.05, 0) is 25.0 Å². The van der Waals surface area contributed by atoms with E-state index < -0.39 is 5.95 Å². The Balaban J connectivity index is 2.56. The van der Waals surface area contributed by atoms with Crippen LogP contribution in [-0.4, -0.2) is 40.6 Å². The van der Waals surface area contributed by atoms with Gasteiger partial charge in [0.15, 0.2) is 0 Å². The van der Waals surface area contributed by atoms with Crippen LogP contribution in [0.25, 0.3) is 0 Å². The molecule has 1 amide bonds. The molecule has 0 saturated carbocycles. The summed E-state index contributed by atoms with van der Waals surface area (Å²) in [4.78, 5) is 17.6. The number of rotatable bonds is 10. The number of hydrogen-bond acceptors (Lipinski definition) is 3. The normalized spacial score (nSPS) is 10.6. The Hall–Kier alpha value is -1.49. The standard InChI is InChI=1S/C16H25FN2O2/c1-2-3-4-5-6-11-19(12-8-13-20)16(21)14-9-7-10-15(17)18-14/h7,9-10,20H,2-6,8,11-13H2,1H3. The first-order chi connectivity index (χ1) is 10.2. The van der Waals surface area contributed by atoms with Gasteiger partial charge in [0.1, 0.15) is 5.69 Å². The van der Waals surface area contributed by atoms with Gasteiger partial charge < -0.3 is 10.0 Å². The lowest BCUT2D eigenvalue weighted by molar-refractivity contribution is 0.0734. The highest BCUT2D eigenvalue weighted by Crippen LogP contribution is 2.08. The summed E-state index contributed by atoms with van der Waals surface area (Å²) in [5.74, 6) is -0.913. The molecule has 0 fully saturated rings. The lowest BCUT2D eigenvalue weighted by Gasteiger charge is -2.22. The molecule has 0 saturated heterocycles. The molecule has 0 aliphatic heterocycles. The molecule has 0 aliphatic carbocycles. The summed E-state index contributed by atoms with van der Waals surface area (Å²) in [6.45, 7) is 3.30. The van der Waals surface area contributed by atoms with Crippen LogP contribution in [0.2, 0.25) is 0 Å². The van der Waals surface area contributed by atoms with E-state index in [4.69, 9.17) is 5.11 Å². The maximum Gasteiger partial charge on any atom is 0.272 e. The number of carbonyl (C=O) groups is 1. The number of carbonyl (C=O) groups excluding carboxylic acids is 1. The van der Waals surface area contributed by atoms with Crippen LogP contribution >= 0.6 is 0 Å². The van der Waals surface area contributed by atoms with Crippen molar-refractivity contribution in [1.82, 2.24) is 9.88 Å². The van der Waals surface area contributed by atoms with E-state index in [1.807, 2.05) is 0 Å². The molecule has 0 bridgehead atoms. The predicted octanol–water partition coefficient (Wildman–Crippen LogP) is 3.02. The molecule has 0 radical (unpaired) electrons. The Morgan fingerprint density at radius 3 is 2.57 bits per heavy atom. The number of unbranched alkanes of at least 4 members (excludes halogenated alkanes) is 4. The van der Waals surface area contributed by atoms with E-state index in [-0.39, 0.29) is 18.2 Å². The minimum Gasteiger partial charge on any atom is -0.396 e. The summed E-state index contributed by atoms with van der Waals surface area (Å²) < 4.78 is 13.1. The maximum atomic E-state index is 13.1. The van der Waals surface area contributed by atoms with E-state index in [0.717, 1.165) is 19.3 Å². The SMILES string of the molecule is CCCCCCCN(CCCO)C(=O)c1cccc(F)n1. The van der Waals surface area contributed by atoms with Crippen LogP contribution in [0.15, 0.2) is 18.2 Å². The Kier molecular flexibility index (Phi) is 8.59. The van der Waals surface area contributed by atoms with Gasteiger partial charge in [-0.25, -0.2) is 4.98 Å². The van der Waals surface area contributed by atoms with Crippen molar-refractivity contribution in [1.29, 1.82) is 0 Å². The monoisotopic (exact) mass is 296 g/mol. The Morgan fingerprint density at radius 1 is 1.19 bits per heavy atom. The molecule has 0 atom stereocenters. The van der Waals surface area contributed by atoms with Gasteiger partial charge in [0.05, 0.1) is 0 Å². The zero-order chi connectivity index (χ0) is 15.5. The molecule has 1 N–H and O–H groups in total. The lowest BCUT2D eigenvalue weighted by atomic mass is 10.1. The Bertz CT molecular complexity index is 426. The summed E-state index contributed by atoms with van der Waals surface area (Å²) in [6, 6.07) is 4.23. The number of aromatic nitrogens is 1. The molecular formula is C16H25FN2O2. The second kappa shape index (κ2) is 10.3. The largest absolute Gasteiger partial charge is 0.396 e. The lowest BCUT2D eigenvalue weighted by Crippen LogP contribution is -2.34. The molecule has 1 heterocycles. The number of nitrogens with zero attached hydrogens (tertiary/aromatic N) is 2.